The second-order valence-electron chi connectivity index (χ2n) is 2.20. The first-order valence-corrected chi connectivity index (χ1v) is 2.67. The van der Waals surface area contributed by atoms with Crippen molar-refractivity contribution in [2.75, 3.05) is 0 Å². The van der Waals surface area contributed by atoms with E-state index in [1.54, 1.807) is 30.2 Å². The number of hydrogen-bond acceptors (Lipinski definition) is 3. The van der Waals surface area contributed by atoms with Gasteiger partial charge >= 0.3 is 0 Å². The van der Waals surface area contributed by atoms with Gasteiger partial charge in [-0.1, -0.05) is 0 Å². The second kappa shape index (κ2) is 3.14. The number of aromatic nitrogens is 2. The Morgan fingerprint density at radius 1 is 1.50 bits per heavy atom. The van der Waals surface area contributed by atoms with E-state index in [9.17, 15) is 0 Å². The SMILES string of the molecule is Br.CC(N)(N)n1ccnc1. The molecule has 4 nitrogen and oxygen atoms in total. The topological polar surface area (TPSA) is 69.9 Å². The van der Waals surface area contributed by atoms with Crippen molar-refractivity contribution in [3.05, 3.63) is 18.7 Å². The fourth-order valence-corrected chi connectivity index (χ4v) is 0.544. The van der Waals surface area contributed by atoms with Crippen molar-refractivity contribution in [1.82, 2.24) is 9.55 Å². The first-order chi connectivity index (χ1) is 4.11. The first kappa shape index (κ1) is 9.61. The molecule has 0 amide bonds. The van der Waals surface area contributed by atoms with Gasteiger partial charge in [0.05, 0.1) is 6.33 Å². The molecule has 0 aliphatic heterocycles. The highest BCUT2D eigenvalue weighted by molar-refractivity contribution is 8.93. The van der Waals surface area contributed by atoms with E-state index in [0.717, 1.165) is 0 Å². The summed E-state index contributed by atoms with van der Waals surface area (Å²) in [6.45, 7) is 1.70. The van der Waals surface area contributed by atoms with Crippen LogP contribution in [0.15, 0.2) is 18.7 Å². The van der Waals surface area contributed by atoms with Crippen molar-refractivity contribution < 1.29 is 0 Å². The van der Waals surface area contributed by atoms with Crippen LogP contribution in [0.1, 0.15) is 6.92 Å². The van der Waals surface area contributed by atoms with Gasteiger partial charge in [-0.15, -0.1) is 17.0 Å². The molecule has 0 bridgehead atoms. The van der Waals surface area contributed by atoms with E-state index in [4.69, 9.17) is 11.5 Å². The minimum Gasteiger partial charge on any atom is -0.306 e. The van der Waals surface area contributed by atoms with Crippen LogP contribution < -0.4 is 11.5 Å². The molecular weight excluding hydrogens is 196 g/mol. The standard InChI is InChI=1S/C5H10N4.BrH/c1-5(6,7)9-3-2-8-4-9;/h2-4H,6-7H2,1H3;1H. The number of nitrogens with zero attached hydrogens (tertiary/aromatic N) is 2. The molecule has 0 saturated heterocycles. The average molecular weight is 207 g/mol. The van der Waals surface area contributed by atoms with Gasteiger partial charge in [0.15, 0.2) is 0 Å². The number of rotatable bonds is 1. The molecule has 1 rings (SSSR count). The van der Waals surface area contributed by atoms with E-state index in [-0.39, 0.29) is 17.0 Å². The van der Waals surface area contributed by atoms with Gasteiger partial charge in [0.1, 0.15) is 5.79 Å². The lowest BCUT2D eigenvalue weighted by atomic mass is 10.4. The lowest BCUT2D eigenvalue weighted by Gasteiger charge is -2.19. The molecular formula is C5H11BrN4. The van der Waals surface area contributed by atoms with Gasteiger partial charge in [0.25, 0.3) is 0 Å². The van der Waals surface area contributed by atoms with Crippen LogP contribution in [0.5, 0.6) is 0 Å². The molecule has 0 spiro atoms. The molecule has 5 heteroatoms. The summed E-state index contributed by atoms with van der Waals surface area (Å²) in [5.41, 5.74) is 11.0. The minimum absolute atomic E-state index is 0. The first-order valence-electron chi connectivity index (χ1n) is 2.67. The smallest absolute Gasteiger partial charge is 0.142 e. The van der Waals surface area contributed by atoms with Crippen LogP contribution in [0, 0.1) is 0 Å². The number of hydrogen-bond donors (Lipinski definition) is 2. The molecule has 0 saturated carbocycles. The van der Waals surface area contributed by atoms with Gasteiger partial charge in [-0.05, 0) is 6.92 Å². The molecule has 1 heterocycles. The predicted molar refractivity (Wildman–Crippen MR) is 44.6 cm³/mol. The Morgan fingerprint density at radius 3 is 2.30 bits per heavy atom. The highest BCUT2D eigenvalue weighted by atomic mass is 79.9. The van der Waals surface area contributed by atoms with Gasteiger partial charge in [0, 0.05) is 12.4 Å². The van der Waals surface area contributed by atoms with Crippen molar-refractivity contribution >= 4 is 17.0 Å². The Morgan fingerprint density at radius 2 is 2.10 bits per heavy atom. The Bertz CT molecular complexity index is 176. The van der Waals surface area contributed by atoms with Gasteiger partial charge in [-0.3, -0.25) is 11.5 Å². The lowest BCUT2D eigenvalue weighted by Crippen LogP contribution is -2.47. The summed E-state index contributed by atoms with van der Waals surface area (Å²) in [5.74, 6) is -0.823. The number of nitrogens with two attached hydrogens (primary N) is 2. The minimum atomic E-state index is -0.823. The van der Waals surface area contributed by atoms with Gasteiger partial charge in [-0.25, -0.2) is 4.98 Å². The molecule has 0 unspecified atom stereocenters. The summed E-state index contributed by atoms with van der Waals surface area (Å²) in [7, 11) is 0. The van der Waals surface area contributed by atoms with Crippen LogP contribution in [0.2, 0.25) is 0 Å². The highest BCUT2D eigenvalue weighted by Crippen LogP contribution is 1.96. The number of imidazole rings is 1. The highest BCUT2D eigenvalue weighted by Gasteiger charge is 2.10. The second-order valence-corrected chi connectivity index (χ2v) is 2.20. The van der Waals surface area contributed by atoms with E-state index in [1.165, 1.54) is 0 Å². The zero-order chi connectivity index (χ0) is 6.91. The Kier molecular flexibility index (Phi) is 3.01. The lowest BCUT2D eigenvalue weighted by molar-refractivity contribution is 0.346. The van der Waals surface area contributed by atoms with Gasteiger partial charge in [0.2, 0.25) is 0 Å². The van der Waals surface area contributed by atoms with Gasteiger partial charge < -0.3 is 4.57 Å². The average Bonchev–Trinajstić information content (AvgIpc) is 2.08. The van der Waals surface area contributed by atoms with Crippen molar-refractivity contribution in [1.29, 1.82) is 0 Å². The molecule has 4 N–H and O–H groups in total. The van der Waals surface area contributed by atoms with Crippen LogP contribution in [-0.4, -0.2) is 9.55 Å². The van der Waals surface area contributed by atoms with Crippen LogP contribution in [0.25, 0.3) is 0 Å². The third kappa shape index (κ3) is 2.09. The monoisotopic (exact) mass is 206 g/mol. The molecule has 0 fully saturated rings. The maximum Gasteiger partial charge on any atom is 0.142 e. The summed E-state index contributed by atoms with van der Waals surface area (Å²) in [4.78, 5) is 3.79. The molecule has 0 aliphatic rings. The summed E-state index contributed by atoms with van der Waals surface area (Å²) in [5, 5.41) is 0. The Balaban J connectivity index is 0.000000810. The quantitative estimate of drug-likeness (QED) is 0.637. The van der Waals surface area contributed by atoms with E-state index < -0.39 is 5.79 Å². The van der Waals surface area contributed by atoms with Gasteiger partial charge in [-0.2, -0.15) is 0 Å². The fourth-order valence-electron chi connectivity index (χ4n) is 0.544. The van der Waals surface area contributed by atoms with E-state index >= 15 is 0 Å². The van der Waals surface area contributed by atoms with Crippen LogP contribution in [0.3, 0.4) is 0 Å². The number of halogens is 1. The van der Waals surface area contributed by atoms with Crippen molar-refractivity contribution in [2.24, 2.45) is 11.5 Å². The Labute approximate surface area is 70.0 Å². The molecule has 1 aromatic rings. The van der Waals surface area contributed by atoms with Crippen molar-refractivity contribution in [2.45, 2.75) is 12.7 Å². The van der Waals surface area contributed by atoms with E-state index in [2.05, 4.69) is 4.98 Å². The van der Waals surface area contributed by atoms with Crippen LogP contribution >= 0.6 is 17.0 Å². The molecule has 10 heavy (non-hydrogen) atoms. The molecule has 0 radical (unpaired) electrons. The summed E-state index contributed by atoms with van der Waals surface area (Å²) < 4.78 is 1.63. The summed E-state index contributed by atoms with van der Waals surface area (Å²) >= 11 is 0. The Hall–Kier alpha value is -0.390. The fraction of sp³-hybridized carbons (Fsp3) is 0.400. The summed E-state index contributed by atoms with van der Waals surface area (Å²) in [6.07, 6.45) is 4.94. The van der Waals surface area contributed by atoms with Crippen molar-refractivity contribution in [3.8, 4) is 0 Å². The molecule has 0 atom stereocenters. The normalized spacial score (nSPS) is 10.7. The van der Waals surface area contributed by atoms with Crippen LogP contribution in [0.4, 0.5) is 0 Å². The zero-order valence-electron chi connectivity index (χ0n) is 5.69. The molecule has 0 aromatic carbocycles. The zero-order valence-corrected chi connectivity index (χ0v) is 7.40. The molecule has 0 aliphatic carbocycles. The maximum atomic E-state index is 5.50. The van der Waals surface area contributed by atoms with E-state index in [0.29, 0.717) is 0 Å². The largest absolute Gasteiger partial charge is 0.306 e. The van der Waals surface area contributed by atoms with Crippen LogP contribution in [-0.2, 0) is 5.79 Å². The third-order valence-electron chi connectivity index (χ3n) is 1.06. The summed E-state index contributed by atoms with van der Waals surface area (Å²) in [6, 6.07) is 0. The van der Waals surface area contributed by atoms with Crippen molar-refractivity contribution in [3.63, 3.8) is 0 Å². The predicted octanol–water partition coefficient (Wildman–Crippen LogP) is 0.00860. The molecule has 58 valence electrons. The van der Waals surface area contributed by atoms with E-state index in [1.807, 2.05) is 0 Å². The third-order valence-corrected chi connectivity index (χ3v) is 1.06. The maximum absolute atomic E-state index is 5.50. The molecule has 1 aromatic heterocycles.